The number of hydrogen-bond acceptors (Lipinski definition) is 4. The fourth-order valence-electron chi connectivity index (χ4n) is 3.13. The second kappa shape index (κ2) is 9.22. The Labute approximate surface area is 184 Å². The van der Waals surface area contributed by atoms with Crippen LogP contribution in [0.1, 0.15) is 21.5 Å². The van der Waals surface area contributed by atoms with E-state index in [0.717, 1.165) is 16.8 Å². The maximum atomic E-state index is 13.0. The van der Waals surface area contributed by atoms with E-state index in [1.165, 1.54) is 12.1 Å². The first kappa shape index (κ1) is 22.4. The number of aryl methyl sites for hydroxylation is 1. The fourth-order valence-corrected chi connectivity index (χ4v) is 4.28. The van der Waals surface area contributed by atoms with E-state index in [4.69, 9.17) is 0 Å². The minimum absolute atomic E-state index is 0.171. The van der Waals surface area contributed by atoms with Crippen LogP contribution < -0.4 is 9.62 Å². The van der Waals surface area contributed by atoms with Crippen molar-refractivity contribution in [1.82, 2.24) is 4.90 Å². The standard InChI is InChI=1S/C24H27N3O3S/c1-18-10-13-20(16-23(18)25-31(29,30)22-8-6-5-7-9-22)24(28)27(4)17-19-11-14-21(15-12-19)26(2)3/h5-16,25H,17H2,1-4H3. The molecule has 1 N–H and O–H groups in total. The third-order valence-electron chi connectivity index (χ3n) is 5.00. The summed E-state index contributed by atoms with van der Waals surface area (Å²) in [6.45, 7) is 2.25. The average Bonchev–Trinajstić information content (AvgIpc) is 2.75. The molecule has 7 heteroatoms. The van der Waals surface area contributed by atoms with E-state index in [1.54, 1.807) is 55.3 Å². The lowest BCUT2D eigenvalue weighted by atomic mass is 10.1. The highest BCUT2D eigenvalue weighted by molar-refractivity contribution is 7.92. The van der Waals surface area contributed by atoms with Gasteiger partial charge in [0.1, 0.15) is 0 Å². The molecule has 1 amide bonds. The first-order valence-corrected chi connectivity index (χ1v) is 11.4. The van der Waals surface area contributed by atoms with Gasteiger partial charge in [0.05, 0.1) is 10.6 Å². The van der Waals surface area contributed by atoms with Crippen molar-refractivity contribution in [2.24, 2.45) is 0 Å². The zero-order valence-electron chi connectivity index (χ0n) is 18.2. The van der Waals surface area contributed by atoms with Crippen LogP contribution >= 0.6 is 0 Å². The number of nitrogens with zero attached hydrogens (tertiary/aromatic N) is 2. The van der Waals surface area contributed by atoms with Gasteiger partial charge in [-0.05, 0) is 54.4 Å². The Morgan fingerprint density at radius 2 is 1.55 bits per heavy atom. The molecule has 0 aliphatic rings. The van der Waals surface area contributed by atoms with Crippen molar-refractivity contribution >= 4 is 27.3 Å². The van der Waals surface area contributed by atoms with Crippen molar-refractivity contribution < 1.29 is 13.2 Å². The van der Waals surface area contributed by atoms with Crippen LogP contribution in [0.15, 0.2) is 77.7 Å². The van der Waals surface area contributed by atoms with Gasteiger partial charge in [0.25, 0.3) is 15.9 Å². The number of carbonyl (C=O) groups is 1. The van der Waals surface area contributed by atoms with Crippen molar-refractivity contribution in [2.45, 2.75) is 18.4 Å². The van der Waals surface area contributed by atoms with Crippen molar-refractivity contribution in [2.75, 3.05) is 30.8 Å². The van der Waals surface area contributed by atoms with Gasteiger partial charge in [-0.2, -0.15) is 0 Å². The molecular formula is C24H27N3O3S. The Balaban J connectivity index is 1.77. The van der Waals surface area contributed by atoms with Gasteiger partial charge in [-0.3, -0.25) is 9.52 Å². The van der Waals surface area contributed by atoms with Crippen LogP contribution in [-0.4, -0.2) is 40.4 Å². The number of nitrogens with one attached hydrogen (secondary N) is 1. The minimum atomic E-state index is -3.74. The monoisotopic (exact) mass is 437 g/mol. The van der Waals surface area contributed by atoms with Gasteiger partial charge >= 0.3 is 0 Å². The Kier molecular flexibility index (Phi) is 6.65. The molecule has 31 heavy (non-hydrogen) atoms. The molecular weight excluding hydrogens is 410 g/mol. The van der Waals surface area contributed by atoms with E-state index in [1.807, 2.05) is 43.3 Å². The third-order valence-corrected chi connectivity index (χ3v) is 6.38. The van der Waals surface area contributed by atoms with Gasteiger partial charge < -0.3 is 9.80 Å². The number of hydrogen-bond donors (Lipinski definition) is 1. The van der Waals surface area contributed by atoms with Crippen molar-refractivity contribution in [3.63, 3.8) is 0 Å². The topological polar surface area (TPSA) is 69.7 Å². The molecule has 0 aliphatic carbocycles. The Bertz CT molecular complexity index is 1160. The van der Waals surface area contributed by atoms with E-state index in [9.17, 15) is 13.2 Å². The van der Waals surface area contributed by atoms with Crippen molar-refractivity contribution in [3.05, 3.63) is 89.5 Å². The second-order valence-electron chi connectivity index (χ2n) is 7.67. The number of rotatable bonds is 7. The van der Waals surface area contributed by atoms with Crippen molar-refractivity contribution in [3.8, 4) is 0 Å². The molecule has 3 rings (SSSR count). The summed E-state index contributed by atoms with van der Waals surface area (Å²) < 4.78 is 28.0. The smallest absolute Gasteiger partial charge is 0.261 e. The molecule has 0 radical (unpaired) electrons. The van der Waals surface area contributed by atoms with Gasteiger partial charge in [-0.25, -0.2) is 8.42 Å². The van der Waals surface area contributed by atoms with Gasteiger partial charge in [-0.15, -0.1) is 0 Å². The molecule has 3 aromatic rings. The number of anilines is 2. The van der Waals surface area contributed by atoms with E-state index in [2.05, 4.69) is 4.72 Å². The summed E-state index contributed by atoms with van der Waals surface area (Å²) in [5, 5.41) is 0. The number of sulfonamides is 1. The quantitative estimate of drug-likeness (QED) is 0.603. The predicted molar refractivity (Wildman–Crippen MR) is 125 cm³/mol. The highest BCUT2D eigenvalue weighted by atomic mass is 32.2. The van der Waals surface area contributed by atoms with Gasteiger partial charge in [-0.1, -0.05) is 36.4 Å². The Morgan fingerprint density at radius 1 is 0.903 bits per heavy atom. The molecule has 0 fully saturated rings. The summed E-state index contributed by atoms with van der Waals surface area (Å²) in [5.41, 5.74) is 3.64. The molecule has 0 bridgehead atoms. The van der Waals surface area contributed by atoms with Crippen LogP contribution in [0, 0.1) is 6.92 Å². The first-order valence-electron chi connectivity index (χ1n) is 9.87. The molecule has 0 atom stereocenters. The van der Waals surface area contributed by atoms with Crippen LogP contribution in [-0.2, 0) is 16.6 Å². The number of benzene rings is 3. The van der Waals surface area contributed by atoms with Crippen LogP contribution in [0.2, 0.25) is 0 Å². The first-order chi connectivity index (χ1) is 14.7. The Morgan fingerprint density at radius 3 is 2.16 bits per heavy atom. The largest absolute Gasteiger partial charge is 0.378 e. The molecule has 6 nitrogen and oxygen atoms in total. The summed E-state index contributed by atoms with van der Waals surface area (Å²) in [5.74, 6) is -0.183. The fraction of sp³-hybridized carbons (Fsp3) is 0.208. The molecule has 0 saturated heterocycles. The maximum absolute atomic E-state index is 13.0. The molecule has 162 valence electrons. The van der Waals surface area contributed by atoms with E-state index < -0.39 is 10.0 Å². The molecule has 0 spiro atoms. The Hall–Kier alpha value is -3.32. The van der Waals surface area contributed by atoms with Crippen LogP contribution in [0.4, 0.5) is 11.4 Å². The SMILES string of the molecule is Cc1ccc(C(=O)N(C)Cc2ccc(N(C)C)cc2)cc1NS(=O)(=O)c1ccccc1. The summed E-state index contributed by atoms with van der Waals surface area (Å²) in [7, 11) is 1.95. The number of carbonyl (C=O) groups excluding carboxylic acids is 1. The average molecular weight is 438 g/mol. The highest BCUT2D eigenvalue weighted by Gasteiger charge is 2.18. The van der Waals surface area contributed by atoms with Crippen LogP contribution in [0.25, 0.3) is 0 Å². The maximum Gasteiger partial charge on any atom is 0.261 e. The molecule has 0 heterocycles. The normalized spacial score (nSPS) is 11.1. The van der Waals surface area contributed by atoms with E-state index in [-0.39, 0.29) is 10.8 Å². The minimum Gasteiger partial charge on any atom is -0.378 e. The zero-order valence-corrected chi connectivity index (χ0v) is 19.0. The number of amides is 1. The van der Waals surface area contributed by atoms with Crippen LogP contribution in [0.3, 0.4) is 0 Å². The van der Waals surface area contributed by atoms with E-state index in [0.29, 0.717) is 17.8 Å². The van der Waals surface area contributed by atoms with Crippen LogP contribution in [0.5, 0.6) is 0 Å². The summed E-state index contributed by atoms with van der Waals surface area (Å²) in [6.07, 6.45) is 0. The highest BCUT2D eigenvalue weighted by Crippen LogP contribution is 2.22. The molecule has 3 aromatic carbocycles. The summed E-state index contributed by atoms with van der Waals surface area (Å²) in [4.78, 5) is 16.8. The summed E-state index contributed by atoms with van der Waals surface area (Å²) >= 11 is 0. The molecule has 0 unspecified atom stereocenters. The molecule has 0 saturated carbocycles. The predicted octanol–water partition coefficient (Wildman–Crippen LogP) is 4.13. The van der Waals surface area contributed by atoms with E-state index >= 15 is 0 Å². The zero-order chi connectivity index (χ0) is 22.6. The van der Waals surface area contributed by atoms with Crippen molar-refractivity contribution in [1.29, 1.82) is 0 Å². The van der Waals surface area contributed by atoms with Gasteiger partial charge in [0, 0.05) is 38.9 Å². The lowest BCUT2D eigenvalue weighted by Gasteiger charge is -2.19. The lowest BCUT2D eigenvalue weighted by Crippen LogP contribution is -2.26. The third kappa shape index (κ3) is 5.44. The molecule has 0 aromatic heterocycles. The summed E-state index contributed by atoms with van der Waals surface area (Å²) in [6, 6.07) is 21.2. The van der Waals surface area contributed by atoms with Gasteiger partial charge in [0.2, 0.25) is 0 Å². The lowest BCUT2D eigenvalue weighted by molar-refractivity contribution is 0.0785. The van der Waals surface area contributed by atoms with Gasteiger partial charge in [0.15, 0.2) is 0 Å². The second-order valence-corrected chi connectivity index (χ2v) is 9.35. The molecule has 0 aliphatic heterocycles.